The number of hydrogen-bond acceptors (Lipinski definition) is 7. The van der Waals surface area contributed by atoms with E-state index in [1.165, 1.54) is 17.4 Å². The number of thiazole rings is 1. The molecule has 0 saturated carbocycles. The maximum atomic E-state index is 12.6. The van der Waals surface area contributed by atoms with Crippen LogP contribution < -0.4 is 16.1 Å². The second-order valence-electron chi connectivity index (χ2n) is 7.19. The third-order valence-corrected chi connectivity index (χ3v) is 5.61. The molecule has 11 heteroatoms. The van der Waals surface area contributed by atoms with Gasteiger partial charge in [-0.2, -0.15) is 10.1 Å². The number of hydrogen-bond donors (Lipinski definition) is 1. The highest BCUT2D eigenvalue weighted by atomic mass is 32.1. The first-order chi connectivity index (χ1) is 16.4. The van der Waals surface area contributed by atoms with Crippen molar-refractivity contribution in [3.05, 3.63) is 92.6 Å². The molecule has 0 aliphatic rings. The highest BCUT2D eigenvalue weighted by Gasteiger charge is 2.17. The Morgan fingerprint density at radius 2 is 1.74 bits per heavy atom. The van der Waals surface area contributed by atoms with E-state index < -0.39 is 36.5 Å². The van der Waals surface area contributed by atoms with Crippen molar-refractivity contribution in [3.63, 3.8) is 0 Å². The van der Waals surface area contributed by atoms with E-state index in [2.05, 4.69) is 10.1 Å². The van der Waals surface area contributed by atoms with Crippen molar-refractivity contribution in [2.24, 2.45) is 10.7 Å². The summed E-state index contributed by atoms with van der Waals surface area (Å²) in [5.74, 6) is -2.38. The van der Waals surface area contributed by atoms with E-state index in [9.17, 15) is 19.2 Å². The quantitative estimate of drug-likeness (QED) is 0.395. The van der Waals surface area contributed by atoms with Crippen LogP contribution in [-0.4, -0.2) is 38.7 Å². The smallest absolute Gasteiger partial charge is 0.328 e. The van der Waals surface area contributed by atoms with Gasteiger partial charge in [0.15, 0.2) is 17.1 Å². The summed E-state index contributed by atoms with van der Waals surface area (Å²) >= 11 is 1.28. The summed E-state index contributed by atoms with van der Waals surface area (Å²) in [5.41, 5.74) is 5.68. The maximum absolute atomic E-state index is 12.6. The molecule has 10 nitrogen and oxygen atoms in total. The Bertz CT molecular complexity index is 1500. The number of aromatic nitrogens is 3. The van der Waals surface area contributed by atoms with Gasteiger partial charge in [0.05, 0.1) is 5.39 Å². The van der Waals surface area contributed by atoms with Gasteiger partial charge in [0, 0.05) is 23.5 Å². The van der Waals surface area contributed by atoms with E-state index in [1.54, 1.807) is 23.6 Å². The number of nitrogens with two attached hydrogens (primary N) is 1. The number of fused-ring (bicyclic) bond motifs is 1. The molecule has 4 aromatic rings. The van der Waals surface area contributed by atoms with Crippen molar-refractivity contribution in [1.82, 2.24) is 14.3 Å². The number of primary amides is 1. The first-order valence-corrected chi connectivity index (χ1v) is 11.0. The number of amides is 2. The summed E-state index contributed by atoms with van der Waals surface area (Å²) in [4.78, 5) is 53.4. The van der Waals surface area contributed by atoms with E-state index in [-0.39, 0.29) is 11.1 Å². The zero-order valence-electron chi connectivity index (χ0n) is 17.8. The monoisotopic (exact) mass is 477 g/mol. The number of nitrogens with zero attached hydrogens (tertiary/aromatic N) is 4. The lowest BCUT2D eigenvalue weighted by atomic mass is 10.1. The predicted molar refractivity (Wildman–Crippen MR) is 124 cm³/mol. The maximum Gasteiger partial charge on any atom is 0.328 e. The van der Waals surface area contributed by atoms with Crippen LogP contribution in [0.2, 0.25) is 0 Å². The molecule has 0 aliphatic heterocycles. The molecule has 34 heavy (non-hydrogen) atoms. The fraction of sp³-hybridized carbons (Fsp3) is 0.130. The number of carbonyl (C=O) groups is 3. The number of rotatable bonds is 7. The summed E-state index contributed by atoms with van der Waals surface area (Å²) in [6.45, 7) is -0.660. The van der Waals surface area contributed by atoms with Crippen molar-refractivity contribution < 1.29 is 19.1 Å². The lowest BCUT2D eigenvalue weighted by Crippen LogP contribution is -2.31. The van der Waals surface area contributed by atoms with Crippen LogP contribution in [0.4, 0.5) is 0 Å². The molecule has 4 rings (SSSR count). The number of ether oxygens (including phenoxy) is 1. The average molecular weight is 478 g/mol. The van der Waals surface area contributed by atoms with E-state index in [1.807, 2.05) is 41.1 Å². The van der Waals surface area contributed by atoms with Crippen molar-refractivity contribution in [2.45, 2.75) is 13.1 Å². The summed E-state index contributed by atoms with van der Waals surface area (Å²) in [7, 11) is 0. The van der Waals surface area contributed by atoms with Gasteiger partial charge >= 0.3 is 5.97 Å². The van der Waals surface area contributed by atoms with Gasteiger partial charge in [-0.25, -0.2) is 4.68 Å². The molecule has 0 saturated heterocycles. The van der Waals surface area contributed by atoms with Crippen LogP contribution in [0.1, 0.15) is 16.1 Å². The van der Waals surface area contributed by atoms with E-state index in [0.29, 0.717) is 16.7 Å². The Labute approximate surface area is 196 Å². The first-order valence-electron chi connectivity index (χ1n) is 10.1. The second kappa shape index (κ2) is 10.0. The minimum atomic E-state index is -0.882. The van der Waals surface area contributed by atoms with Gasteiger partial charge in [0.25, 0.3) is 17.4 Å². The zero-order valence-corrected chi connectivity index (χ0v) is 18.6. The lowest BCUT2D eigenvalue weighted by molar-refractivity contribution is -0.148. The molecule has 0 fully saturated rings. The van der Waals surface area contributed by atoms with Gasteiger partial charge in [0.1, 0.15) is 6.54 Å². The van der Waals surface area contributed by atoms with Crippen LogP contribution in [0.25, 0.3) is 10.8 Å². The molecule has 0 atom stereocenters. The summed E-state index contributed by atoms with van der Waals surface area (Å²) in [6, 6.07) is 16.0. The Morgan fingerprint density at radius 1 is 1.03 bits per heavy atom. The van der Waals surface area contributed by atoms with Gasteiger partial charge in [-0.05, 0) is 11.6 Å². The Balaban J connectivity index is 1.44. The SMILES string of the molecule is NC(=O)c1nn(CC(=O)OCC(=O)N=c2sccn2Cc2ccccc2)c(=O)c2ccccc12. The molecule has 0 unspecified atom stereocenters. The van der Waals surface area contributed by atoms with Gasteiger partial charge in [0.2, 0.25) is 0 Å². The number of carbonyl (C=O) groups excluding carboxylic acids is 3. The van der Waals surface area contributed by atoms with Gasteiger partial charge in [-0.3, -0.25) is 19.2 Å². The molecule has 172 valence electrons. The highest BCUT2D eigenvalue weighted by molar-refractivity contribution is 7.07. The standard InChI is InChI=1S/C23H19N5O5S/c24-21(31)20-16-8-4-5-9-17(16)22(32)28(26-20)13-19(30)33-14-18(29)25-23-27(10-11-34-23)12-15-6-2-1-3-7-15/h1-11H,12-14H2,(H2,24,31). The molecule has 2 N–H and O–H groups in total. The summed E-state index contributed by atoms with van der Waals surface area (Å²) < 4.78 is 7.58. The van der Waals surface area contributed by atoms with Crippen LogP contribution >= 0.6 is 11.3 Å². The molecule has 0 spiro atoms. The second-order valence-corrected chi connectivity index (χ2v) is 8.06. The van der Waals surface area contributed by atoms with Gasteiger partial charge in [-0.15, -0.1) is 11.3 Å². The fourth-order valence-electron chi connectivity index (χ4n) is 3.26. The minimum absolute atomic E-state index is 0.144. The van der Waals surface area contributed by atoms with Crippen molar-refractivity contribution in [1.29, 1.82) is 0 Å². The minimum Gasteiger partial charge on any atom is -0.454 e. The molecule has 2 aromatic heterocycles. The number of esters is 1. The number of benzene rings is 2. The van der Waals surface area contributed by atoms with Gasteiger partial charge < -0.3 is 15.0 Å². The topological polar surface area (TPSA) is 139 Å². The third kappa shape index (κ3) is 5.15. The zero-order chi connectivity index (χ0) is 24.1. The highest BCUT2D eigenvalue weighted by Crippen LogP contribution is 2.12. The molecular formula is C23H19N5O5S. The Hall–Kier alpha value is -4.38. The van der Waals surface area contributed by atoms with Crippen LogP contribution in [0.15, 0.2) is 76.0 Å². The molecule has 0 aliphatic carbocycles. The summed E-state index contributed by atoms with van der Waals surface area (Å²) in [5, 5.41) is 6.17. The molecule has 2 aromatic carbocycles. The summed E-state index contributed by atoms with van der Waals surface area (Å²) in [6.07, 6.45) is 1.81. The Morgan fingerprint density at radius 3 is 2.47 bits per heavy atom. The molecule has 2 heterocycles. The molecule has 2 amide bonds. The lowest BCUT2D eigenvalue weighted by Gasteiger charge is -2.08. The first kappa shape index (κ1) is 22.8. The van der Waals surface area contributed by atoms with Crippen LogP contribution in [0, 0.1) is 0 Å². The molecular weight excluding hydrogens is 458 g/mol. The predicted octanol–water partition coefficient (Wildman–Crippen LogP) is 1.08. The normalized spacial score (nSPS) is 11.5. The van der Waals surface area contributed by atoms with Crippen molar-refractivity contribution in [2.75, 3.05) is 6.61 Å². The average Bonchev–Trinajstić information content (AvgIpc) is 3.26. The molecule has 0 bridgehead atoms. The van der Waals surface area contributed by atoms with E-state index in [0.717, 1.165) is 10.2 Å². The van der Waals surface area contributed by atoms with E-state index >= 15 is 0 Å². The van der Waals surface area contributed by atoms with Crippen LogP contribution in [0.3, 0.4) is 0 Å². The Kier molecular flexibility index (Phi) is 6.74. The van der Waals surface area contributed by atoms with Crippen LogP contribution in [-0.2, 0) is 27.4 Å². The largest absolute Gasteiger partial charge is 0.454 e. The van der Waals surface area contributed by atoms with Gasteiger partial charge in [-0.1, -0.05) is 48.5 Å². The third-order valence-electron chi connectivity index (χ3n) is 4.81. The van der Waals surface area contributed by atoms with E-state index in [4.69, 9.17) is 10.5 Å². The van der Waals surface area contributed by atoms with Crippen molar-refractivity contribution >= 4 is 39.9 Å². The van der Waals surface area contributed by atoms with Crippen LogP contribution in [0.5, 0.6) is 0 Å². The fourth-order valence-corrected chi connectivity index (χ4v) is 4.01. The molecule has 0 radical (unpaired) electrons. The van der Waals surface area contributed by atoms with Crippen molar-refractivity contribution in [3.8, 4) is 0 Å².